The number of hydrogen-bond donors (Lipinski definition) is 0. The van der Waals surface area contributed by atoms with Gasteiger partial charge in [0.2, 0.25) is 0 Å². The van der Waals surface area contributed by atoms with E-state index in [9.17, 15) is 0 Å². The molecule has 2 heteroatoms. The van der Waals surface area contributed by atoms with Gasteiger partial charge in [0.1, 0.15) is 0 Å². The monoisotopic (exact) mass is 654 g/mol. The number of anilines is 3. The van der Waals surface area contributed by atoms with Crippen molar-refractivity contribution in [3.63, 3.8) is 0 Å². The molecule has 0 saturated heterocycles. The predicted molar refractivity (Wildman–Crippen MR) is 216 cm³/mol. The molecular formula is C49H38N2. The van der Waals surface area contributed by atoms with Gasteiger partial charge in [-0.1, -0.05) is 135 Å². The molecule has 2 aliphatic rings. The molecule has 10 rings (SSSR count). The molecule has 0 amide bonds. The van der Waals surface area contributed by atoms with E-state index < -0.39 is 0 Å². The fourth-order valence-electron chi connectivity index (χ4n) is 8.82. The third-order valence-electron chi connectivity index (χ3n) is 11.2. The number of benzene rings is 7. The molecular weight excluding hydrogens is 617 g/mol. The number of allylic oxidation sites excluding steroid dienone is 1. The smallest absolute Gasteiger partial charge is 0.0540 e. The molecule has 0 N–H and O–H groups in total. The zero-order valence-corrected chi connectivity index (χ0v) is 29.0. The molecule has 2 aliphatic carbocycles. The lowest BCUT2D eigenvalue weighted by Crippen LogP contribution is -2.16. The largest absolute Gasteiger partial charge is 0.312 e. The van der Waals surface area contributed by atoms with E-state index in [2.05, 4.69) is 193 Å². The van der Waals surface area contributed by atoms with E-state index in [4.69, 9.17) is 0 Å². The summed E-state index contributed by atoms with van der Waals surface area (Å²) in [5, 5.41) is 3.87. The van der Waals surface area contributed by atoms with Crippen LogP contribution in [-0.4, -0.2) is 4.57 Å². The topological polar surface area (TPSA) is 8.17 Å². The highest BCUT2D eigenvalue weighted by atomic mass is 15.1. The van der Waals surface area contributed by atoms with Crippen LogP contribution in [0, 0.1) is 0 Å². The van der Waals surface area contributed by atoms with E-state index in [0.29, 0.717) is 0 Å². The fraction of sp³-hybridized carbons (Fsp3) is 0.102. The fourth-order valence-corrected chi connectivity index (χ4v) is 8.82. The Kier molecular flexibility index (Phi) is 6.69. The van der Waals surface area contributed by atoms with Crippen LogP contribution in [0.2, 0.25) is 0 Å². The lowest BCUT2D eigenvalue weighted by molar-refractivity contribution is 0.660. The SMILES string of the molecule is CC1(C)c2cc(N(c3ccccc3)c3ccc(-c4cccc5ccccc45)cc3)ccc2-c2c(-n3c4c(c5ccccc53)C=CCC4)cccc21. The first-order chi connectivity index (χ1) is 25.1. The van der Waals surface area contributed by atoms with Crippen LogP contribution < -0.4 is 4.90 Å². The van der Waals surface area contributed by atoms with Crippen molar-refractivity contribution in [2.24, 2.45) is 0 Å². The van der Waals surface area contributed by atoms with Crippen LogP contribution >= 0.6 is 0 Å². The Morgan fingerprint density at radius 1 is 0.569 bits per heavy atom. The van der Waals surface area contributed by atoms with Crippen molar-refractivity contribution in [2.75, 3.05) is 4.90 Å². The van der Waals surface area contributed by atoms with E-state index in [0.717, 1.165) is 29.9 Å². The summed E-state index contributed by atoms with van der Waals surface area (Å²) in [5.41, 5.74) is 16.5. The van der Waals surface area contributed by atoms with Gasteiger partial charge in [-0.05, 0) is 100.0 Å². The zero-order chi connectivity index (χ0) is 34.1. The minimum Gasteiger partial charge on any atom is -0.312 e. The first-order valence-electron chi connectivity index (χ1n) is 18.1. The van der Waals surface area contributed by atoms with Gasteiger partial charge in [0.05, 0.1) is 11.2 Å². The first kappa shape index (κ1) is 29.8. The highest BCUT2D eigenvalue weighted by Gasteiger charge is 2.38. The van der Waals surface area contributed by atoms with Crippen molar-refractivity contribution >= 4 is 44.8 Å². The maximum Gasteiger partial charge on any atom is 0.0540 e. The Hall–Kier alpha value is -6.12. The number of hydrogen-bond acceptors (Lipinski definition) is 1. The van der Waals surface area contributed by atoms with Gasteiger partial charge in [-0.2, -0.15) is 0 Å². The second kappa shape index (κ2) is 11.5. The van der Waals surface area contributed by atoms with E-state index in [1.54, 1.807) is 0 Å². The molecule has 8 aromatic rings. The summed E-state index contributed by atoms with van der Waals surface area (Å²) < 4.78 is 2.56. The number of rotatable bonds is 5. The first-order valence-corrected chi connectivity index (χ1v) is 18.1. The molecule has 244 valence electrons. The normalized spacial score (nSPS) is 14.0. The predicted octanol–water partition coefficient (Wildman–Crippen LogP) is 13.2. The van der Waals surface area contributed by atoms with Crippen molar-refractivity contribution in [2.45, 2.75) is 32.1 Å². The Morgan fingerprint density at radius 3 is 2.14 bits per heavy atom. The molecule has 0 bridgehead atoms. The highest BCUT2D eigenvalue weighted by Crippen LogP contribution is 2.53. The van der Waals surface area contributed by atoms with Gasteiger partial charge in [0, 0.05) is 44.7 Å². The summed E-state index contributed by atoms with van der Waals surface area (Å²) in [6.07, 6.45) is 6.77. The number of aromatic nitrogens is 1. The maximum atomic E-state index is 2.56. The number of fused-ring (bicyclic) bond motifs is 7. The van der Waals surface area contributed by atoms with E-state index in [1.165, 1.54) is 72.0 Å². The Bertz CT molecular complexity index is 2650. The summed E-state index contributed by atoms with van der Waals surface area (Å²) in [6, 6.07) is 58.0. The number of para-hydroxylation sites is 2. The van der Waals surface area contributed by atoms with Crippen molar-refractivity contribution in [3.05, 3.63) is 186 Å². The molecule has 0 unspecified atom stereocenters. The maximum absolute atomic E-state index is 2.56. The lowest BCUT2D eigenvalue weighted by atomic mass is 9.82. The van der Waals surface area contributed by atoms with Crippen LogP contribution in [-0.2, 0) is 11.8 Å². The van der Waals surface area contributed by atoms with Gasteiger partial charge in [-0.15, -0.1) is 0 Å². The van der Waals surface area contributed by atoms with Crippen LogP contribution in [0.1, 0.15) is 42.7 Å². The molecule has 0 atom stereocenters. The minimum atomic E-state index is -0.166. The molecule has 2 nitrogen and oxygen atoms in total. The summed E-state index contributed by atoms with van der Waals surface area (Å²) in [4.78, 5) is 2.40. The molecule has 0 fully saturated rings. The molecule has 1 heterocycles. The third kappa shape index (κ3) is 4.56. The molecule has 7 aromatic carbocycles. The Morgan fingerprint density at radius 2 is 1.27 bits per heavy atom. The molecule has 51 heavy (non-hydrogen) atoms. The van der Waals surface area contributed by atoms with Gasteiger partial charge in [-0.25, -0.2) is 0 Å². The Labute approximate surface area is 299 Å². The quantitative estimate of drug-likeness (QED) is 0.179. The average molecular weight is 655 g/mol. The summed E-state index contributed by atoms with van der Waals surface area (Å²) in [5.74, 6) is 0. The van der Waals surface area contributed by atoms with Crippen LogP contribution in [0.25, 0.3) is 55.7 Å². The molecule has 0 spiro atoms. The van der Waals surface area contributed by atoms with Gasteiger partial charge < -0.3 is 9.47 Å². The van der Waals surface area contributed by atoms with Crippen molar-refractivity contribution < 1.29 is 0 Å². The number of nitrogens with zero attached hydrogens (tertiary/aromatic N) is 2. The van der Waals surface area contributed by atoms with Gasteiger partial charge >= 0.3 is 0 Å². The van der Waals surface area contributed by atoms with Crippen molar-refractivity contribution in [1.82, 2.24) is 4.57 Å². The van der Waals surface area contributed by atoms with Crippen LogP contribution in [0.5, 0.6) is 0 Å². The average Bonchev–Trinajstić information content (AvgIpc) is 3.64. The highest BCUT2D eigenvalue weighted by molar-refractivity contribution is 5.98. The van der Waals surface area contributed by atoms with Crippen LogP contribution in [0.3, 0.4) is 0 Å². The summed E-state index contributed by atoms with van der Waals surface area (Å²) >= 11 is 0. The molecule has 0 aliphatic heterocycles. The lowest BCUT2D eigenvalue weighted by Gasteiger charge is -2.28. The van der Waals surface area contributed by atoms with Crippen LogP contribution in [0.4, 0.5) is 17.1 Å². The van der Waals surface area contributed by atoms with Gasteiger partial charge in [0.25, 0.3) is 0 Å². The van der Waals surface area contributed by atoms with Crippen LogP contribution in [0.15, 0.2) is 164 Å². The molecule has 0 radical (unpaired) electrons. The van der Waals surface area contributed by atoms with Gasteiger partial charge in [0.15, 0.2) is 0 Å². The second-order valence-corrected chi connectivity index (χ2v) is 14.5. The summed E-state index contributed by atoms with van der Waals surface area (Å²) in [6.45, 7) is 4.78. The van der Waals surface area contributed by atoms with Crippen molar-refractivity contribution in [3.8, 4) is 27.9 Å². The minimum absolute atomic E-state index is 0.166. The van der Waals surface area contributed by atoms with E-state index in [1.807, 2.05) is 0 Å². The van der Waals surface area contributed by atoms with E-state index >= 15 is 0 Å². The summed E-state index contributed by atoms with van der Waals surface area (Å²) in [7, 11) is 0. The second-order valence-electron chi connectivity index (χ2n) is 14.5. The zero-order valence-electron chi connectivity index (χ0n) is 29.0. The van der Waals surface area contributed by atoms with Gasteiger partial charge in [-0.3, -0.25) is 0 Å². The molecule has 1 aromatic heterocycles. The van der Waals surface area contributed by atoms with E-state index in [-0.39, 0.29) is 5.41 Å². The third-order valence-corrected chi connectivity index (χ3v) is 11.2. The Balaban J connectivity index is 1.12. The molecule has 0 saturated carbocycles. The standard InChI is InChI=1S/C49H38N2/c1-49(2)43-22-13-25-47(51-45-23-10-8-19-40(45)41-20-9-11-24-46(41)51)48(43)42-31-30-37(32-44(42)49)50(35-16-4-3-5-17-35)36-28-26-34(27-29-36)39-21-12-15-33-14-6-7-18-38(33)39/h3-10,12-23,25-32H,11,24H2,1-2H3. The van der Waals surface area contributed by atoms with Crippen molar-refractivity contribution in [1.29, 1.82) is 0 Å².